The van der Waals surface area contributed by atoms with E-state index in [1.807, 2.05) is 0 Å². The van der Waals surface area contributed by atoms with Crippen LogP contribution in [0.3, 0.4) is 0 Å². The van der Waals surface area contributed by atoms with E-state index in [-0.39, 0.29) is 24.0 Å². The molecule has 0 aromatic heterocycles. The molecule has 0 heterocycles. The zero-order chi connectivity index (χ0) is 16.5. The number of ether oxygens (including phenoxy) is 1. The molecule has 1 N–H and O–H groups in total. The van der Waals surface area contributed by atoms with Gasteiger partial charge in [0.2, 0.25) is 0 Å². The molecule has 0 spiro atoms. The molecule has 0 amide bonds. The van der Waals surface area contributed by atoms with Crippen LogP contribution in [0, 0.1) is 12.8 Å². The van der Waals surface area contributed by atoms with Crippen molar-refractivity contribution < 1.29 is 4.74 Å². The third kappa shape index (κ3) is 7.83. The molecule has 0 radical (unpaired) electrons. The van der Waals surface area contributed by atoms with Gasteiger partial charge in [-0.25, -0.2) is 0 Å². The number of halogens is 1. The van der Waals surface area contributed by atoms with E-state index in [0.717, 1.165) is 51.1 Å². The van der Waals surface area contributed by atoms with Gasteiger partial charge in [-0.3, -0.25) is 4.99 Å². The maximum absolute atomic E-state index is 5.72. The summed E-state index contributed by atoms with van der Waals surface area (Å²) in [5.41, 5.74) is 2.72. The summed E-state index contributed by atoms with van der Waals surface area (Å²) in [5, 5.41) is 3.37. The molecule has 0 atom stereocenters. The van der Waals surface area contributed by atoms with E-state index >= 15 is 0 Å². The van der Waals surface area contributed by atoms with Crippen molar-refractivity contribution in [1.29, 1.82) is 0 Å². The topological polar surface area (TPSA) is 36.9 Å². The standard InChI is InChI=1S/C19H31N3O.HI/c1-4-20-19(22(3)13-14-23-15-17-9-10-17)21-12-11-18-8-6-5-7-16(18)2;/h5-8,17H,4,9-15H2,1-3H3,(H,20,21);1H. The number of hydrogen-bond donors (Lipinski definition) is 1. The lowest BCUT2D eigenvalue weighted by Crippen LogP contribution is -2.40. The number of aryl methyl sites for hydroxylation is 1. The van der Waals surface area contributed by atoms with Gasteiger partial charge in [-0.05, 0) is 50.2 Å². The Kier molecular flexibility index (Phi) is 10.3. The lowest BCUT2D eigenvalue weighted by Gasteiger charge is -2.22. The van der Waals surface area contributed by atoms with Crippen molar-refractivity contribution in [3.05, 3.63) is 35.4 Å². The second-order valence-electron chi connectivity index (χ2n) is 6.35. The van der Waals surface area contributed by atoms with Gasteiger partial charge in [-0.2, -0.15) is 0 Å². The molecule has 0 saturated heterocycles. The highest BCUT2D eigenvalue weighted by Crippen LogP contribution is 2.28. The molecule has 1 aliphatic carbocycles. The predicted octanol–water partition coefficient (Wildman–Crippen LogP) is 3.48. The second kappa shape index (κ2) is 11.7. The normalized spacial score (nSPS) is 14.2. The quantitative estimate of drug-likeness (QED) is 0.274. The van der Waals surface area contributed by atoms with Gasteiger partial charge >= 0.3 is 0 Å². The molecular formula is C19H32IN3O. The summed E-state index contributed by atoms with van der Waals surface area (Å²) in [5.74, 6) is 1.80. The summed E-state index contributed by atoms with van der Waals surface area (Å²) >= 11 is 0. The van der Waals surface area contributed by atoms with Gasteiger partial charge < -0.3 is 15.0 Å². The van der Waals surface area contributed by atoms with E-state index in [1.165, 1.54) is 24.0 Å². The highest BCUT2D eigenvalue weighted by molar-refractivity contribution is 14.0. The van der Waals surface area contributed by atoms with Gasteiger partial charge in [0.25, 0.3) is 0 Å². The van der Waals surface area contributed by atoms with Gasteiger partial charge in [-0.1, -0.05) is 24.3 Å². The first kappa shape index (κ1) is 21.2. The first-order valence-electron chi connectivity index (χ1n) is 8.82. The van der Waals surface area contributed by atoms with E-state index in [4.69, 9.17) is 9.73 Å². The zero-order valence-corrected chi connectivity index (χ0v) is 17.6. The Hall–Kier alpha value is -0.820. The fraction of sp³-hybridized carbons (Fsp3) is 0.632. The largest absolute Gasteiger partial charge is 0.379 e. The van der Waals surface area contributed by atoms with E-state index in [9.17, 15) is 0 Å². The van der Waals surface area contributed by atoms with Crippen LogP contribution in [0.4, 0.5) is 0 Å². The minimum atomic E-state index is 0. The Morgan fingerprint density at radius 3 is 2.75 bits per heavy atom. The number of nitrogens with zero attached hydrogens (tertiary/aromatic N) is 2. The lowest BCUT2D eigenvalue weighted by molar-refractivity contribution is 0.115. The first-order valence-corrected chi connectivity index (χ1v) is 8.82. The minimum Gasteiger partial charge on any atom is -0.379 e. The summed E-state index contributed by atoms with van der Waals surface area (Å²) in [4.78, 5) is 6.91. The Morgan fingerprint density at radius 1 is 1.33 bits per heavy atom. The first-order chi connectivity index (χ1) is 11.2. The van der Waals surface area contributed by atoms with Crippen molar-refractivity contribution in [3.8, 4) is 0 Å². The van der Waals surface area contributed by atoms with Gasteiger partial charge in [0.1, 0.15) is 0 Å². The van der Waals surface area contributed by atoms with Crippen LogP contribution in [-0.4, -0.2) is 50.8 Å². The Labute approximate surface area is 164 Å². The number of nitrogens with one attached hydrogen (secondary N) is 1. The molecule has 5 heteroatoms. The Balaban J connectivity index is 0.00000288. The fourth-order valence-electron chi connectivity index (χ4n) is 2.48. The number of likely N-dealkylation sites (N-methyl/N-ethyl adjacent to an activating group) is 1. The van der Waals surface area contributed by atoms with Crippen molar-refractivity contribution >= 4 is 29.9 Å². The summed E-state index contributed by atoms with van der Waals surface area (Å²) in [6.07, 6.45) is 3.67. The van der Waals surface area contributed by atoms with Gasteiger partial charge in [0, 0.05) is 33.3 Å². The van der Waals surface area contributed by atoms with Crippen molar-refractivity contribution in [2.45, 2.75) is 33.1 Å². The molecule has 1 fully saturated rings. The van der Waals surface area contributed by atoms with E-state index in [2.05, 4.69) is 55.4 Å². The molecular weight excluding hydrogens is 413 g/mol. The zero-order valence-electron chi connectivity index (χ0n) is 15.3. The third-order valence-corrected chi connectivity index (χ3v) is 4.22. The van der Waals surface area contributed by atoms with Crippen LogP contribution in [0.25, 0.3) is 0 Å². The number of rotatable bonds is 9. The van der Waals surface area contributed by atoms with Crippen molar-refractivity contribution in [3.63, 3.8) is 0 Å². The fourth-order valence-corrected chi connectivity index (χ4v) is 2.48. The van der Waals surface area contributed by atoms with Crippen LogP contribution in [0.1, 0.15) is 30.9 Å². The molecule has 1 aromatic rings. The molecule has 1 saturated carbocycles. The summed E-state index contributed by atoms with van der Waals surface area (Å²) in [7, 11) is 2.08. The van der Waals surface area contributed by atoms with Crippen LogP contribution in [0.15, 0.2) is 29.3 Å². The second-order valence-corrected chi connectivity index (χ2v) is 6.35. The van der Waals surface area contributed by atoms with Gasteiger partial charge in [-0.15, -0.1) is 24.0 Å². The van der Waals surface area contributed by atoms with Crippen LogP contribution < -0.4 is 5.32 Å². The third-order valence-electron chi connectivity index (χ3n) is 4.22. The lowest BCUT2D eigenvalue weighted by atomic mass is 10.1. The van der Waals surface area contributed by atoms with Crippen LogP contribution in [0.2, 0.25) is 0 Å². The molecule has 2 rings (SSSR count). The summed E-state index contributed by atoms with van der Waals surface area (Å²) in [6.45, 7) is 8.53. The molecule has 0 aliphatic heterocycles. The van der Waals surface area contributed by atoms with E-state index in [1.54, 1.807) is 0 Å². The van der Waals surface area contributed by atoms with Gasteiger partial charge in [0.15, 0.2) is 5.96 Å². The summed E-state index contributed by atoms with van der Waals surface area (Å²) in [6, 6.07) is 8.53. The maximum Gasteiger partial charge on any atom is 0.193 e. The van der Waals surface area contributed by atoms with Crippen molar-refractivity contribution in [1.82, 2.24) is 10.2 Å². The van der Waals surface area contributed by atoms with Crippen LogP contribution >= 0.6 is 24.0 Å². The predicted molar refractivity (Wildman–Crippen MR) is 112 cm³/mol. The van der Waals surface area contributed by atoms with Crippen molar-refractivity contribution in [2.24, 2.45) is 10.9 Å². The summed E-state index contributed by atoms with van der Waals surface area (Å²) < 4.78 is 5.72. The Morgan fingerprint density at radius 2 is 2.08 bits per heavy atom. The minimum absolute atomic E-state index is 0. The van der Waals surface area contributed by atoms with Crippen LogP contribution in [0.5, 0.6) is 0 Å². The van der Waals surface area contributed by atoms with Gasteiger partial charge in [0.05, 0.1) is 6.61 Å². The molecule has 1 aromatic carbocycles. The number of guanidine groups is 1. The van der Waals surface area contributed by atoms with Crippen molar-refractivity contribution in [2.75, 3.05) is 39.9 Å². The molecule has 0 bridgehead atoms. The molecule has 0 unspecified atom stereocenters. The molecule has 24 heavy (non-hydrogen) atoms. The van der Waals surface area contributed by atoms with Crippen LogP contribution in [-0.2, 0) is 11.2 Å². The number of benzene rings is 1. The SMILES string of the molecule is CCNC(=NCCc1ccccc1C)N(C)CCOCC1CC1.I. The average Bonchev–Trinajstić information content (AvgIpc) is 3.36. The smallest absolute Gasteiger partial charge is 0.193 e. The molecule has 1 aliphatic rings. The molecule has 4 nitrogen and oxygen atoms in total. The van der Waals surface area contributed by atoms with E-state index < -0.39 is 0 Å². The average molecular weight is 445 g/mol. The van der Waals surface area contributed by atoms with E-state index in [0.29, 0.717) is 0 Å². The highest BCUT2D eigenvalue weighted by atomic mass is 127. The number of hydrogen-bond acceptors (Lipinski definition) is 2. The molecule has 136 valence electrons. The maximum atomic E-state index is 5.72. The number of aliphatic imine (C=N–C) groups is 1. The Bertz CT molecular complexity index is 503. The monoisotopic (exact) mass is 445 g/mol. The highest BCUT2D eigenvalue weighted by Gasteiger charge is 2.21.